The number of hydrogen-bond acceptors (Lipinski definition) is 2. The molecule has 0 saturated heterocycles. The molecule has 4 aromatic rings. The summed E-state index contributed by atoms with van der Waals surface area (Å²) in [5.41, 5.74) is 3.57. The molecule has 0 aliphatic heterocycles. The minimum absolute atomic E-state index is 0.0103. The molecule has 6 rings (SSSR count). The maximum Gasteiger partial charge on any atom is 0.416 e. The average molecular weight is 578 g/mol. The SMILES string of the molecule is OC1CC(Cc2ccccc2)Cc2nc(C3CCCC3)c(C(F)c3ccc(C(F)(F)F)cc3)c(-c3ccc(F)cc3)c21. The normalized spacial score (nSPS) is 20.0. The Hall–Kier alpha value is -3.58. The van der Waals surface area contributed by atoms with Crippen LogP contribution in [-0.2, 0) is 19.0 Å². The van der Waals surface area contributed by atoms with Crippen molar-refractivity contribution in [3.63, 3.8) is 0 Å². The van der Waals surface area contributed by atoms with E-state index in [4.69, 9.17) is 4.98 Å². The molecule has 7 heteroatoms. The molecular formula is C35H32F5NO. The molecule has 0 amide bonds. The molecule has 3 unspecified atom stereocenters. The summed E-state index contributed by atoms with van der Waals surface area (Å²) >= 11 is 0. The van der Waals surface area contributed by atoms with E-state index < -0.39 is 29.8 Å². The van der Waals surface area contributed by atoms with E-state index in [-0.39, 0.29) is 23.0 Å². The summed E-state index contributed by atoms with van der Waals surface area (Å²) in [5.74, 6) is -0.326. The summed E-state index contributed by atoms with van der Waals surface area (Å²) in [5, 5.41) is 11.6. The molecule has 42 heavy (non-hydrogen) atoms. The monoisotopic (exact) mass is 577 g/mol. The number of hydrogen-bond donors (Lipinski definition) is 1. The van der Waals surface area contributed by atoms with Gasteiger partial charge in [0.05, 0.1) is 17.4 Å². The summed E-state index contributed by atoms with van der Waals surface area (Å²) in [6, 6.07) is 20.0. The largest absolute Gasteiger partial charge is 0.416 e. The lowest BCUT2D eigenvalue weighted by Gasteiger charge is -2.34. The molecule has 218 valence electrons. The Balaban J connectivity index is 1.52. The number of aliphatic hydroxyl groups excluding tert-OH is 1. The van der Waals surface area contributed by atoms with Crippen LogP contribution in [0.2, 0.25) is 0 Å². The highest BCUT2D eigenvalue weighted by Crippen LogP contribution is 2.49. The summed E-state index contributed by atoms with van der Waals surface area (Å²) in [4.78, 5) is 5.09. The van der Waals surface area contributed by atoms with E-state index >= 15 is 4.39 Å². The molecule has 1 fully saturated rings. The van der Waals surface area contributed by atoms with Crippen molar-refractivity contribution in [2.75, 3.05) is 0 Å². The van der Waals surface area contributed by atoms with E-state index in [0.29, 0.717) is 35.2 Å². The number of aliphatic hydroxyl groups is 1. The highest BCUT2D eigenvalue weighted by atomic mass is 19.4. The number of fused-ring (bicyclic) bond motifs is 1. The number of alkyl halides is 4. The van der Waals surface area contributed by atoms with Crippen molar-refractivity contribution in [2.45, 2.75) is 69.3 Å². The summed E-state index contributed by atoms with van der Waals surface area (Å²) in [6.07, 6.45) is -1.80. The van der Waals surface area contributed by atoms with Gasteiger partial charge in [-0.3, -0.25) is 4.98 Å². The predicted octanol–water partition coefficient (Wildman–Crippen LogP) is 9.46. The van der Waals surface area contributed by atoms with E-state index in [1.807, 2.05) is 18.2 Å². The first-order valence-electron chi connectivity index (χ1n) is 14.5. The van der Waals surface area contributed by atoms with Gasteiger partial charge in [-0.05, 0) is 84.5 Å². The van der Waals surface area contributed by atoms with Gasteiger partial charge < -0.3 is 5.11 Å². The Morgan fingerprint density at radius 1 is 0.881 bits per heavy atom. The number of pyridine rings is 1. The number of benzene rings is 3. The van der Waals surface area contributed by atoms with Crippen molar-refractivity contribution < 1.29 is 27.1 Å². The van der Waals surface area contributed by atoms with Crippen molar-refractivity contribution in [1.29, 1.82) is 0 Å². The van der Waals surface area contributed by atoms with Crippen LogP contribution in [-0.4, -0.2) is 10.1 Å². The Morgan fingerprint density at radius 3 is 2.19 bits per heavy atom. The van der Waals surface area contributed by atoms with Crippen LogP contribution in [0.15, 0.2) is 78.9 Å². The Labute approximate surface area is 242 Å². The lowest BCUT2D eigenvalue weighted by molar-refractivity contribution is -0.137. The summed E-state index contributed by atoms with van der Waals surface area (Å²) < 4.78 is 70.7. The fraction of sp³-hybridized carbons (Fsp3) is 0.343. The topological polar surface area (TPSA) is 33.1 Å². The molecule has 2 aliphatic rings. The van der Waals surface area contributed by atoms with E-state index in [1.165, 1.54) is 24.3 Å². The van der Waals surface area contributed by atoms with Gasteiger partial charge in [-0.25, -0.2) is 8.78 Å². The lowest BCUT2D eigenvalue weighted by atomic mass is 9.75. The van der Waals surface area contributed by atoms with E-state index in [2.05, 4.69) is 12.1 Å². The highest BCUT2D eigenvalue weighted by Gasteiger charge is 2.37. The predicted molar refractivity (Wildman–Crippen MR) is 152 cm³/mol. The maximum absolute atomic E-state index is 16.8. The number of halogens is 5. The van der Waals surface area contributed by atoms with Crippen molar-refractivity contribution in [1.82, 2.24) is 4.98 Å². The molecule has 1 saturated carbocycles. The molecule has 1 heterocycles. The zero-order valence-corrected chi connectivity index (χ0v) is 23.0. The van der Waals surface area contributed by atoms with Gasteiger partial charge in [0.2, 0.25) is 0 Å². The fourth-order valence-corrected chi connectivity index (χ4v) is 6.79. The zero-order valence-electron chi connectivity index (χ0n) is 23.0. The zero-order chi connectivity index (χ0) is 29.4. The van der Waals surface area contributed by atoms with Crippen molar-refractivity contribution in [3.8, 4) is 11.1 Å². The third kappa shape index (κ3) is 5.71. The van der Waals surface area contributed by atoms with Crippen LogP contribution in [0, 0.1) is 11.7 Å². The summed E-state index contributed by atoms with van der Waals surface area (Å²) in [6.45, 7) is 0. The van der Waals surface area contributed by atoms with Crippen molar-refractivity contribution in [2.24, 2.45) is 5.92 Å². The first kappa shape index (κ1) is 28.5. The molecule has 0 spiro atoms. The Morgan fingerprint density at radius 2 is 1.55 bits per heavy atom. The van der Waals surface area contributed by atoms with Crippen LogP contribution in [0.4, 0.5) is 22.0 Å². The average Bonchev–Trinajstić information content (AvgIpc) is 3.52. The van der Waals surface area contributed by atoms with Crippen molar-refractivity contribution >= 4 is 0 Å². The first-order valence-corrected chi connectivity index (χ1v) is 14.5. The number of rotatable bonds is 6. The first-order chi connectivity index (χ1) is 20.2. The van der Waals surface area contributed by atoms with Gasteiger partial charge in [0.25, 0.3) is 0 Å². The molecule has 2 nitrogen and oxygen atoms in total. The van der Waals surface area contributed by atoms with Crippen LogP contribution in [0.5, 0.6) is 0 Å². The third-order valence-corrected chi connectivity index (χ3v) is 8.78. The standard InChI is InChI=1S/C35H32F5NO/c36-27-16-12-23(13-17-27)30-31-28(19-22(20-29(31)42)18-21-6-2-1-3-7-21)41-34(25-8-4-5-9-25)32(30)33(37)24-10-14-26(15-11-24)35(38,39)40/h1-3,6-7,10-17,22,25,29,33,42H,4-5,8-9,18-20H2. The van der Waals surface area contributed by atoms with Gasteiger partial charge in [-0.15, -0.1) is 0 Å². The minimum Gasteiger partial charge on any atom is -0.388 e. The van der Waals surface area contributed by atoms with E-state index in [1.54, 1.807) is 12.1 Å². The minimum atomic E-state index is -4.54. The molecule has 3 aromatic carbocycles. The van der Waals surface area contributed by atoms with Crippen LogP contribution in [0.25, 0.3) is 11.1 Å². The molecule has 0 radical (unpaired) electrons. The van der Waals surface area contributed by atoms with Gasteiger partial charge in [-0.1, -0.05) is 67.4 Å². The quantitative estimate of drug-likeness (QED) is 0.232. The maximum atomic E-state index is 16.8. The number of aromatic nitrogens is 1. The molecule has 1 N–H and O–H groups in total. The van der Waals surface area contributed by atoms with Gasteiger partial charge in [0.1, 0.15) is 5.82 Å². The van der Waals surface area contributed by atoms with Crippen LogP contribution in [0.1, 0.15) is 89.5 Å². The number of nitrogens with zero attached hydrogens (tertiary/aromatic N) is 1. The van der Waals surface area contributed by atoms with E-state index in [9.17, 15) is 22.7 Å². The lowest BCUT2D eigenvalue weighted by Crippen LogP contribution is -2.25. The van der Waals surface area contributed by atoms with E-state index in [0.717, 1.165) is 55.5 Å². The van der Waals surface area contributed by atoms with Gasteiger partial charge in [0.15, 0.2) is 6.17 Å². The highest BCUT2D eigenvalue weighted by molar-refractivity contribution is 5.75. The van der Waals surface area contributed by atoms with Crippen molar-refractivity contribution in [3.05, 3.63) is 124 Å². The molecule has 2 aliphatic carbocycles. The van der Waals surface area contributed by atoms with Gasteiger partial charge >= 0.3 is 6.18 Å². The van der Waals surface area contributed by atoms with Crippen LogP contribution in [0.3, 0.4) is 0 Å². The molecule has 1 aromatic heterocycles. The second-order valence-electron chi connectivity index (χ2n) is 11.6. The Kier molecular flexibility index (Phi) is 7.88. The van der Waals surface area contributed by atoms with Gasteiger partial charge in [-0.2, -0.15) is 13.2 Å². The third-order valence-electron chi connectivity index (χ3n) is 8.78. The molecule has 0 bridgehead atoms. The summed E-state index contributed by atoms with van der Waals surface area (Å²) in [7, 11) is 0. The van der Waals surface area contributed by atoms with Crippen LogP contribution < -0.4 is 0 Å². The second-order valence-corrected chi connectivity index (χ2v) is 11.6. The molecule has 3 atom stereocenters. The second kappa shape index (κ2) is 11.6. The fourth-order valence-electron chi connectivity index (χ4n) is 6.79. The van der Waals surface area contributed by atoms with Crippen LogP contribution >= 0.6 is 0 Å². The Bertz CT molecular complexity index is 1530. The van der Waals surface area contributed by atoms with Gasteiger partial charge in [0, 0.05) is 22.7 Å². The molecular weight excluding hydrogens is 545 g/mol. The smallest absolute Gasteiger partial charge is 0.388 e.